The molecule has 1 rings (SSSR count). The Kier molecular flexibility index (Phi) is 5.26. The standard InChI is InChI=1S/C12H21NOS/c1-9(2)13-7-10(3)8-15-12-5-6-14-11(12)4/h5-6,9-10,13H,7-8H2,1-4H3. The molecule has 0 spiro atoms. The average molecular weight is 227 g/mol. The van der Waals surface area contributed by atoms with Gasteiger partial charge < -0.3 is 9.73 Å². The lowest BCUT2D eigenvalue weighted by atomic mass is 10.2. The second kappa shape index (κ2) is 6.23. The molecule has 0 fully saturated rings. The molecule has 1 unspecified atom stereocenters. The smallest absolute Gasteiger partial charge is 0.114 e. The highest BCUT2D eigenvalue weighted by Crippen LogP contribution is 2.24. The van der Waals surface area contributed by atoms with E-state index in [-0.39, 0.29) is 0 Å². The van der Waals surface area contributed by atoms with Gasteiger partial charge in [0.05, 0.1) is 6.26 Å². The predicted molar refractivity (Wildman–Crippen MR) is 66.5 cm³/mol. The third kappa shape index (κ3) is 4.76. The fourth-order valence-electron chi connectivity index (χ4n) is 1.25. The molecule has 0 amide bonds. The maximum absolute atomic E-state index is 5.26. The van der Waals surface area contributed by atoms with Gasteiger partial charge in [0, 0.05) is 16.7 Å². The summed E-state index contributed by atoms with van der Waals surface area (Å²) in [4.78, 5) is 1.27. The largest absolute Gasteiger partial charge is 0.468 e. The third-order valence-corrected chi connectivity index (χ3v) is 3.68. The van der Waals surface area contributed by atoms with Gasteiger partial charge in [-0.25, -0.2) is 0 Å². The lowest BCUT2D eigenvalue weighted by Gasteiger charge is -2.14. The van der Waals surface area contributed by atoms with Crippen molar-refractivity contribution in [2.45, 2.75) is 38.6 Å². The Hall–Kier alpha value is -0.410. The topological polar surface area (TPSA) is 25.2 Å². The average Bonchev–Trinajstić information content (AvgIpc) is 2.58. The first kappa shape index (κ1) is 12.7. The van der Waals surface area contributed by atoms with Gasteiger partial charge in [0.2, 0.25) is 0 Å². The van der Waals surface area contributed by atoms with Gasteiger partial charge in [-0.3, -0.25) is 0 Å². The van der Waals surface area contributed by atoms with Crippen LogP contribution in [0.1, 0.15) is 26.5 Å². The van der Waals surface area contributed by atoms with E-state index in [2.05, 4.69) is 26.1 Å². The van der Waals surface area contributed by atoms with Crippen LogP contribution in [0.2, 0.25) is 0 Å². The molecule has 0 aromatic carbocycles. The number of thioether (sulfide) groups is 1. The van der Waals surface area contributed by atoms with Crippen molar-refractivity contribution in [2.24, 2.45) is 5.92 Å². The third-order valence-electron chi connectivity index (χ3n) is 2.21. The molecular weight excluding hydrogens is 206 g/mol. The van der Waals surface area contributed by atoms with E-state index in [1.165, 1.54) is 4.90 Å². The summed E-state index contributed by atoms with van der Waals surface area (Å²) in [6.07, 6.45) is 1.76. The van der Waals surface area contributed by atoms with Crippen molar-refractivity contribution in [3.05, 3.63) is 18.1 Å². The predicted octanol–water partition coefficient (Wildman–Crippen LogP) is 3.31. The van der Waals surface area contributed by atoms with Gasteiger partial charge >= 0.3 is 0 Å². The zero-order valence-electron chi connectivity index (χ0n) is 10.0. The Morgan fingerprint density at radius 1 is 1.40 bits per heavy atom. The summed E-state index contributed by atoms with van der Waals surface area (Å²) in [6.45, 7) is 9.74. The maximum atomic E-state index is 5.26. The van der Waals surface area contributed by atoms with Gasteiger partial charge in [0.15, 0.2) is 0 Å². The van der Waals surface area contributed by atoms with Crippen LogP contribution in [0, 0.1) is 12.8 Å². The van der Waals surface area contributed by atoms with Gasteiger partial charge in [0.25, 0.3) is 0 Å². The van der Waals surface area contributed by atoms with Crippen LogP contribution < -0.4 is 5.32 Å². The van der Waals surface area contributed by atoms with Crippen LogP contribution >= 0.6 is 11.8 Å². The molecule has 0 aliphatic carbocycles. The highest BCUT2D eigenvalue weighted by molar-refractivity contribution is 7.99. The van der Waals surface area contributed by atoms with E-state index in [4.69, 9.17) is 4.42 Å². The van der Waals surface area contributed by atoms with Crippen LogP contribution in [0.15, 0.2) is 21.6 Å². The monoisotopic (exact) mass is 227 g/mol. The minimum atomic E-state index is 0.577. The summed E-state index contributed by atoms with van der Waals surface area (Å²) >= 11 is 1.88. The number of nitrogens with one attached hydrogen (secondary N) is 1. The van der Waals surface area contributed by atoms with Crippen molar-refractivity contribution in [1.29, 1.82) is 0 Å². The van der Waals surface area contributed by atoms with Gasteiger partial charge in [0.1, 0.15) is 5.76 Å². The van der Waals surface area contributed by atoms with E-state index in [1.807, 2.05) is 24.8 Å². The van der Waals surface area contributed by atoms with Crippen LogP contribution in [0.4, 0.5) is 0 Å². The molecule has 86 valence electrons. The second-order valence-electron chi connectivity index (χ2n) is 4.32. The number of rotatable bonds is 6. The minimum absolute atomic E-state index is 0.577. The van der Waals surface area contributed by atoms with Crippen molar-refractivity contribution in [2.75, 3.05) is 12.3 Å². The van der Waals surface area contributed by atoms with E-state index >= 15 is 0 Å². The summed E-state index contributed by atoms with van der Waals surface area (Å²) in [5.74, 6) is 2.86. The van der Waals surface area contributed by atoms with E-state index < -0.39 is 0 Å². The van der Waals surface area contributed by atoms with E-state index in [9.17, 15) is 0 Å². The molecule has 1 aromatic rings. The summed E-state index contributed by atoms with van der Waals surface area (Å²) in [7, 11) is 0. The summed E-state index contributed by atoms with van der Waals surface area (Å²) in [5.41, 5.74) is 0. The second-order valence-corrected chi connectivity index (χ2v) is 5.38. The first-order valence-corrected chi connectivity index (χ1v) is 6.48. The molecule has 0 saturated heterocycles. The number of hydrogen-bond acceptors (Lipinski definition) is 3. The normalized spacial score (nSPS) is 13.4. The van der Waals surface area contributed by atoms with Crippen LogP contribution in [-0.2, 0) is 0 Å². The lowest BCUT2D eigenvalue weighted by molar-refractivity contribution is 0.509. The molecule has 1 N–H and O–H groups in total. The summed E-state index contributed by atoms with van der Waals surface area (Å²) in [6, 6.07) is 2.62. The Balaban J connectivity index is 2.22. The van der Waals surface area contributed by atoms with Gasteiger partial charge in [-0.2, -0.15) is 0 Å². The Labute approximate surface area is 96.8 Å². The molecule has 0 bridgehead atoms. The number of furan rings is 1. The molecule has 1 atom stereocenters. The molecule has 0 aliphatic heterocycles. The zero-order chi connectivity index (χ0) is 11.3. The fraction of sp³-hybridized carbons (Fsp3) is 0.667. The highest BCUT2D eigenvalue weighted by Gasteiger charge is 2.06. The Morgan fingerprint density at radius 2 is 2.13 bits per heavy atom. The molecule has 2 nitrogen and oxygen atoms in total. The van der Waals surface area contributed by atoms with Crippen molar-refractivity contribution in [3.8, 4) is 0 Å². The quantitative estimate of drug-likeness (QED) is 0.755. The molecule has 0 aliphatic rings. The van der Waals surface area contributed by atoms with Crippen molar-refractivity contribution in [1.82, 2.24) is 5.32 Å². The van der Waals surface area contributed by atoms with Crippen LogP contribution in [0.5, 0.6) is 0 Å². The molecule has 1 aromatic heterocycles. The molecule has 0 radical (unpaired) electrons. The van der Waals surface area contributed by atoms with Crippen molar-refractivity contribution >= 4 is 11.8 Å². The SMILES string of the molecule is Cc1occc1SCC(C)CNC(C)C. The zero-order valence-corrected chi connectivity index (χ0v) is 10.9. The highest BCUT2D eigenvalue weighted by atomic mass is 32.2. The number of hydrogen-bond donors (Lipinski definition) is 1. The molecule has 3 heteroatoms. The lowest BCUT2D eigenvalue weighted by Crippen LogP contribution is -2.28. The van der Waals surface area contributed by atoms with E-state index in [1.54, 1.807) is 6.26 Å². The van der Waals surface area contributed by atoms with E-state index in [0.29, 0.717) is 12.0 Å². The van der Waals surface area contributed by atoms with Crippen LogP contribution in [-0.4, -0.2) is 18.3 Å². The van der Waals surface area contributed by atoms with Crippen molar-refractivity contribution in [3.63, 3.8) is 0 Å². The fourth-order valence-corrected chi connectivity index (χ4v) is 2.24. The molecule has 0 saturated carbocycles. The molecule has 1 heterocycles. The van der Waals surface area contributed by atoms with Crippen LogP contribution in [0.25, 0.3) is 0 Å². The molecule has 15 heavy (non-hydrogen) atoms. The van der Waals surface area contributed by atoms with E-state index in [0.717, 1.165) is 18.1 Å². The summed E-state index contributed by atoms with van der Waals surface area (Å²) in [5, 5.41) is 3.45. The number of aryl methyl sites for hydroxylation is 1. The van der Waals surface area contributed by atoms with Gasteiger partial charge in [-0.15, -0.1) is 11.8 Å². The molecular formula is C12H21NOS. The van der Waals surface area contributed by atoms with Gasteiger partial charge in [-0.1, -0.05) is 20.8 Å². The summed E-state index contributed by atoms with van der Waals surface area (Å²) < 4.78 is 5.26. The first-order chi connectivity index (χ1) is 7.09. The maximum Gasteiger partial charge on any atom is 0.114 e. The van der Waals surface area contributed by atoms with Crippen molar-refractivity contribution < 1.29 is 4.42 Å². The van der Waals surface area contributed by atoms with Gasteiger partial charge in [-0.05, 0) is 25.5 Å². The minimum Gasteiger partial charge on any atom is -0.468 e. The van der Waals surface area contributed by atoms with Crippen LogP contribution in [0.3, 0.4) is 0 Å². The Bertz CT molecular complexity index is 283. The first-order valence-electron chi connectivity index (χ1n) is 5.50. The Morgan fingerprint density at radius 3 is 2.67 bits per heavy atom.